The minimum atomic E-state index is -0.498. The van der Waals surface area contributed by atoms with Crippen LogP contribution in [0.5, 0.6) is 0 Å². The van der Waals surface area contributed by atoms with Crippen LogP contribution in [0.3, 0.4) is 0 Å². The van der Waals surface area contributed by atoms with Crippen molar-refractivity contribution in [2.75, 3.05) is 10.6 Å². The fourth-order valence-corrected chi connectivity index (χ4v) is 2.71. The molecule has 0 spiro atoms. The van der Waals surface area contributed by atoms with Gasteiger partial charge in [0.15, 0.2) is 0 Å². The topological polar surface area (TPSA) is 58.2 Å². The number of hydrogen-bond acceptors (Lipinski definition) is 2. The van der Waals surface area contributed by atoms with Crippen LogP contribution in [0.15, 0.2) is 42.5 Å². The summed E-state index contributed by atoms with van der Waals surface area (Å²) in [5.74, 6) is -1.92. The number of rotatable bonds is 4. The van der Waals surface area contributed by atoms with Crippen molar-refractivity contribution in [2.24, 2.45) is 11.8 Å². The van der Waals surface area contributed by atoms with Gasteiger partial charge in [-0.05, 0) is 43.2 Å². The van der Waals surface area contributed by atoms with E-state index in [2.05, 4.69) is 10.6 Å². The zero-order chi connectivity index (χ0) is 17.3. The van der Waals surface area contributed by atoms with Crippen LogP contribution in [-0.4, -0.2) is 11.8 Å². The molecular weight excluding hydrogens is 331 g/mol. The van der Waals surface area contributed by atoms with Crippen LogP contribution in [0.1, 0.15) is 12.0 Å². The Morgan fingerprint density at radius 3 is 2.25 bits per heavy atom. The summed E-state index contributed by atoms with van der Waals surface area (Å²) in [6.45, 7) is 1.81. The number of carbonyl (C=O) groups is 2. The van der Waals surface area contributed by atoms with Crippen LogP contribution in [0.2, 0.25) is 5.02 Å². The van der Waals surface area contributed by atoms with Gasteiger partial charge >= 0.3 is 0 Å². The lowest BCUT2D eigenvalue weighted by atomic mass is 10.2. The molecule has 0 aromatic heterocycles. The monoisotopic (exact) mass is 346 g/mol. The number of amides is 2. The van der Waals surface area contributed by atoms with Crippen LogP contribution < -0.4 is 10.6 Å². The van der Waals surface area contributed by atoms with Crippen molar-refractivity contribution in [2.45, 2.75) is 13.3 Å². The molecule has 1 saturated carbocycles. The molecule has 124 valence electrons. The maximum atomic E-state index is 13.6. The Bertz CT molecular complexity index is 809. The summed E-state index contributed by atoms with van der Waals surface area (Å²) < 4.78 is 13.6. The maximum absolute atomic E-state index is 13.6. The average Bonchev–Trinajstić information content (AvgIpc) is 3.35. The van der Waals surface area contributed by atoms with Crippen LogP contribution >= 0.6 is 11.6 Å². The minimum Gasteiger partial charge on any atom is -0.326 e. The van der Waals surface area contributed by atoms with Crippen LogP contribution in [0.4, 0.5) is 15.8 Å². The Morgan fingerprint density at radius 2 is 1.58 bits per heavy atom. The molecule has 4 nitrogen and oxygen atoms in total. The molecule has 1 aliphatic rings. The number of benzene rings is 2. The third kappa shape index (κ3) is 3.41. The summed E-state index contributed by atoms with van der Waals surface area (Å²) >= 11 is 6.03. The van der Waals surface area contributed by atoms with E-state index >= 15 is 0 Å². The van der Waals surface area contributed by atoms with Gasteiger partial charge in [0.2, 0.25) is 11.8 Å². The number of nitrogens with one attached hydrogen (secondary N) is 2. The fourth-order valence-electron chi connectivity index (χ4n) is 2.53. The highest BCUT2D eigenvalue weighted by atomic mass is 35.5. The Kier molecular flexibility index (Phi) is 4.53. The van der Waals surface area contributed by atoms with E-state index in [0.29, 0.717) is 17.1 Å². The zero-order valence-corrected chi connectivity index (χ0v) is 13.7. The van der Waals surface area contributed by atoms with E-state index in [9.17, 15) is 14.0 Å². The highest BCUT2D eigenvalue weighted by molar-refractivity contribution is 6.31. The van der Waals surface area contributed by atoms with E-state index in [-0.39, 0.29) is 17.5 Å². The van der Waals surface area contributed by atoms with E-state index in [4.69, 9.17) is 11.6 Å². The first-order chi connectivity index (χ1) is 11.5. The molecule has 0 bridgehead atoms. The maximum Gasteiger partial charge on any atom is 0.228 e. The third-order valence-corrected chi connectivity index (χ3v) is 4.53. The Morgan fingerprint density at radius 1 is 1.00 bits per heavy atom. The molecule has 0 radical (unpaired) electrons. The molecule has 2 N–H and O–H groups in total. The summed E-state index contributed by atoms with van der Waals surface area (Å²) in [6, 6.07) is 11.2. The summed E-state index contributed by atoms with van der Waals surface area (Å²) in [4.78, 5) is 24.4. The van der Waals surface area contributed by atoms with Gasteiger partial charge in [0.05, 0.1) is 17.5 Å². The zero-order valence-electron chi connectivity index (χ0n) is 13.0. The van der Waals surface area contributed by atoms with Gasteiger partial charge in [0, 0.05) is 10.7 Å². The van der Waals surface area contributed by atoms with Crippen molar-refractivity contribution >= 4 is 34.8 Å². The number of halogens is 2. The van der Waals surface area contributed by atoms with Crippen LogP contribution in [0, 0.1) is 24.6 Å². The molecule has 2 amide bonds. The molecule has 6 heteroatoms. The highest BCUT2D eigenvalue weighted by Gasteiger charge is 2.48. The van der Waals surface area contributed by atoms with E-state index in [1.165, 1.54) is 12.1 Å². The molecule has 2 unspecified atom stereocenters. The summed E-state index contributed by atoms with van der Waals surface area (Å²) in [5.41, 5.74) is 1.53. The first-order valence-corrected chi connectivity index (χ1v) is 7.96. The Labute approximate surface area is 144 Å². The van der Waals surface area contributed by atoms with E-state index < -0.39 is 17.7 Å². The molecule has 2 atom stereocenters. The van der Waals surface area contributed by atoms with Gasteiger partial charge in [0.25, 0.3) is 0 Å². The Balaban J connectivity index is 1.60. The molecule has 1 fully saturated rings. The van der Waals surface area contributed by atoms with Gasteiger partial charge in [-0.25, -0.2) is 4.39 Å². The number of hydrogen-bond donors (Lipinski definition) is 2. The second-order valence-electron chi connectivity index (χ2n) is 5.82. The van der Waals surface area contributed by atoms with Gasteiger partial charge in [-0.2, -0.15) is 0 Å². The van der Waals surface area contributed by atoms with Crippen molar-refractivity contribution in [1.82, 2.24) is 0 Å². The van der Waals surface area contributed by atoms with E-state index in [0.717, 1.165) is 5.56 Å². The molecule has 24 heavy (non-hydrogen) atoms. The summed E-state index contributed by atoms with van der Waals surface area (Å²) in [5, 5.41) is 5.89. The predicted molar refractivity (Wildman–Crippen MR) is 91.4 cm³/mol. The van der Waals surface area contributed by atoms with Crippen molar-refractivity contribution in [3.63, 3.8) is 0 Å². The van der Waals surface area contributed by atoms with E-state index in [1.54, 1.807) is 30.3 Å². The Hall–Kier alpha value is -2.40. The molecule has 3 rings (SSSR count). The highest BCUT2D eigenvalue weighted by Crippen LogP contribution is 2.40. The fraction of sp³-hybridized carbons (Fsp3) is 0.222. The quantitative estimate of drug-likeness (QED) is 0.879. The van der Waals surface area contributed by atoms with Crippen molar-refractivity contribution in [3.05, 3.63) is 58.9 Å². The standard InChI is InChI=1S/C18H16ClFN2O2/c1-10-13(19)5-4-8-15(10)21-17(23)11-9-12(11)18(24)22-16-7-3-2-6-14(16)20/h2-8,11-12H,9H2,1H3,(H,21,23)(H,22,24). The minimum absolute atomic E-state index is 0.124. The van der Waals surface area contributed by atoms with Gasteiger partial charge < -0.3 is 10.6 Å². The van der Waals surface area contributed by atoms with Gasteiger partial charge in [-0.3, -0.25) is 9.59 Å². The molecule has 0 aliphatic heterocycles. The lowest BCUT2D eigenvalue weighted by Crippen LogP contribution is -2.21. The first-order valence-electron chi connectivity index (χ1n) is 7.58. The summed E-state index contributed by atoms with van der Waals surface area (Å²) in [7, 11) is 0. The van der Waals surface area contributed by atoms with Crippen molar-refractivity contribution < 1.29 is 14.0 Å². The first kappa shape index (κ1) is 16.5. The molecule has 1 aliphatic carbocycles. The predicted octanol–water partition coefficient (Wildman–Crippen LogP) is 4.00. The largest absolute Gasteiger partial charge is 0.326 e. The molecular formula is C18H16ClFN2O2. The molecule has 2 aromatic rings. The summed E-state index contributed by atoms with van der Waals surface area (Å²) in [6.07, 6.45) is 0.450. The van der Waals surface area contributed by atoms with Crippen LogP contribution in [0.25, 0.3) is 0 Å². The number of para-hydroxylation sites is 1. The second-order valence-corrected chi connectivity index (χ2v) is 6.23. The van der Waals surface area contributed by atoms with Gasteiger partial charge in [0.1, 0.15) is 5.82 Å². The van der Waals surface area contributed by atoms with E-state index in [1.807, 2.05) is 6.92 Å². The smallest absolute Gasteiger partial charge is 0.228 e. The van der Waals surface area contributed by atoms with Gasteiger partial charge in [-0.15, -0.1) is 0 Å². The third-order valence-electron chi connectivity index (χ3n) is 4.12. The van der Waals surface area contributed by atoms with Crippen molar-refractivity contribution in [1.29, 1.82) is 0 Å². The van der Waals surface area contributed by atoms with Gasteiger partial charge in [-0.1, -0.05) is 29.8 Å². The number of carbonyl (C=O) groups excluding carboxylic acids is 2. The average molecular weight is 347 g/mol. The SMILES string of the molecule is Cc1c(Cl)cccc1NC(=O)C1CC1C(=O)Nc1ccccc1F. The molecule has 0 saturated heterocycles. The lowest BCUT2D eigenvalue weighted by molar-refractivity contribution is -0.122. The second kappa shape index (κ2) is 6.61. The molecule has 2 aromatic carbocycles. The normalized spacial score (nSPS) is 18.8. The van der Waals surface area contributed by atoms with Crippen LogP contribution in [-0.2, 0) is 9.59 Å². The number of anilines is 2. The lowest BCUT2D eigenvalue weighted by Gasteiger charge is -2.09. The van der Waals surface area contributed by atoms with Crippen molar-refractivity contribution in [3.8, 4) is 0 Å². The molecule has 0 heterocycles.